The van der Waals surface area contributed by atoms with Crippen LogP contribution >= 0.6 is 0 Å². The summed E-state index contributed by atoms with van der Waals surface area (Å²) in [7, 11) is 0. The molecule has 30 heteroatoms. The second-order valence-corrected chi connectivity index (χ2v) is 18.8. The topological polar surface area (TPSA) is 479 Å². The average molecular weight is 1060 g/mol. The summed E-state index contributed by atoms with van der Waals surface area (Å²) in [6.07, 6.45) is -0.756. The van der Waals surface area contributed by atoms with Gasteiger partial charge in [0.25, 0.3) is 0 Å². The fourth-order valence-corrected chi connectivity index (χ4v) is 8.83. The van der Waals surface area contributed by atoms with E-state index in [9.17, 15) is 78.3 Å². The molecular formula is C44H73N13O17. The number of aliphatic hydroxyl groups is 4. The molecule has 3 aliphatic heterocycles. The average Bonchev–Trinajstić information content (AvgIpc) is 4.15. The van der Waals surface area contributed by atoms with Crippen molar-refractivity contribution in [2.75, 3.05) is 46.0 Å². The van der Waals surface area contributed by atoms with Gasteiger partial charge in [-0.05, 0) is 70.6 Å². The van der Waals surface area contributed by atoms with Crippen molar-refractivity contribution < 1.29 is 83.4 Å². The molecule has 0 aromatic rings. The summed E-state index contributed by atoms with van der Waals surface area (Å²) in [5.74, 6) is -11.6. The number of carbonyl (C=O) groups is 11. The van der Waals surface area contributed by atoms with Crippen LogP contribution in [0.25, 0.3) is 0 Å². The Bertz CT molecular complexity index is 2060. The van der Waals surface area contributed by atoms with Gasteiger partial charge in [-0.25, -0.2) is 4.79 Å². The highest BCUT2D eigenvalue weighted by atomic mass is 16.4. The molecule has 3 rings (SSSR count). The number of aliphatic carboxylic acids is 2. The van der Waals surface area contributed by atoms with Gasteiger partial charge < -0.3 is 94.0 Å². The first-order valence-corrected chi connectivity index (χ1v) is 24.4. The lowest BCUT2D eigenvalue weighted by Gasteiger charge is -2.34. The molecule has 3 fully saturated rings. The molecule has 3 heterocycles. The third-order valence-corrected chi connectivity index (χ3v) is 12.6. The number of hydrogen-bond donors (Lipinski definition) is 16. The van der Waals surface area contributed by atoms with Gasteiger partial charge in [0.05, 0.1) is 38.4 Å². The number of likely N-dealkylation sites (tertiary alicyclic amines) is 3. The first-order valence-electron chi connectivity index (χ1n) is 24.4. The number of rotatable bonds is 28. The monoisotopic (exact) mass is 1060 g/mol. The molecule has 9 amide bonds. The number of guanidine groups is 1. The van der Waals surface area contributed by atoms with Crippen molar-refractivity contribution in [1.29, 1.82) is 5.41 Å². The van der Waals surface area contributed by atoms with E-state index in [0.29, 0.717) is 19.3 Å². The van der Waals surface area contributed by atoms with E-state index in [-0.39, 0.29) is 76.6 Å². The van der Waals surface area contributed by atoms with Crippen molar-refractivity contribution in [1.82, 2.24) is 51.9 Å². The van der Waals surface area contributed by atoms with Crippen molar-refractivity contribution in [3.05, 3.63) is 0 Å². The third kappa shape index (κ3) is 17.4. The van der Waals surface area contributed by atoms with Crippen LogP contribution in [0.4, 0.5) is 0 Å². The summed E-state index contributed by atoms with van der Waals surface area (Å²) in [5.41, 5.74) is 10.9. The first kappa shape index (κ1) is 61.5. The minimum atomic E-state index is -1.72. The number of carboxylic acids is 2. The Morgan fingerprint density at radius 2 is 1.04 bits per heavy atom. The Balaban J connectivity index is 1.74. The van der Waals surface area contributed by atoms with Crippen LogP contribution in [0, 0.1) is 11.3 Å². The zero-order valence-electron chi connectivity index (χ0n) is 41.6. The summed E-state index contributed by atoms with van der Waals surface area (Å²) >= 11 is 0. The molecular weight excluding hydrogens is 983 g/mol. The van der Waals surface area contributed by atoms with Gasteiger partial charge in [-0.1, -0.05) is 13.8 Å². The minimum Gasteiger partial charge on any atom is -0.481 e. The summed E-state index contributed by atoms with van der Waals surface area (Å²) in [4.78, 5) is 149. The highest BCUT2D eigenvalue weighted by Gasteiger charge is 2.45. The van der Waals surface area contributed by atoms with Crippen LogP contribution in [0.2, 0.25) is 0 Å². The molecule has 0 bridgehead atoms. The van der Waals surface area contributed by atoms with Crippen LogP contribution < -0.4 is 48.7 Å². The van der Waals surface area contributed by atoms with Gasteiger partial charge in [-0.2, -0.15) is 0 Å². The quantitative estimate of drug-likeness (QED) is 0.0197. The lowest BCUT2D eigenvalue weighted by molar-refractivity contribution is -0.148. The maximum atomic E-state index is 14.3. The minimum absolute atomic E-state index is 0.0249. The number of aliphatic hydroxyl groups excluding tert-OH is 4. The summed E-state index contributed by atoms with van der Waals surface area (Å²) in [5, 5.41) is 82.4. The van der Waals surface area contributed by atoms with Crippen molar-refractivity contribution in [2.24, 2.45) is 17.4 Å². The van der Waals surface area contributed by atoms with Crippen LogP contribution in [0.1, 0.15) is 85.0 Å². The second-order valence-electron chi connectivity index (χ2n) is 18.8. The van der Waals surface area contributed by atoms with Crippen molar-refractivity contribution in [3.63, 3.8) is 0 Å². The van der Waals surface area contributed by atoms with Gasteiger partial charge in [0, 0.05) is 26.2 Å². The highest BCUT2D eigenvalue weighted by Crippen LogP contribution is 2.27. The molecule has 0 unspecified atom stereocenters. The van der Waals surface area contributed by atoms with Gasteiger partial charge in [0.2, 0.25) is 53.2 Å². The van der Waals surface area contributed by atoms with E-state index in [1.54, 1.807) is 13.8 Å². The van der Waals surface area contributed by atoms with Crippen molar-refractivity contribution in [3.8, 4) is 0 Å². The molecule has 30 nitrogen and oxygen atoms in total. The molecule has 0 aromatic carbocycles. The molecule has 0 radical (unpaired) electrons. The summed E-state index contributed by atoms with van der Waals surface area (Å²) < 4.78 is 0. The van der Waals surface area contributed by atoms with E-state index in [4.69, 9.17) is 22.0 Å². The third-order valence-electron chi connectivity index (χ3n) is 12.6. The fraction of sp³-hybridized carbons (Fsp3) is 0.727. The van der Waals surface area contributed by atoms with Crippen LogP contribution in [-0.2, 0) is 52.7 Å². The Morgan fingerprint density at radius 3 is 1.53 bits per heavy atom. The maximum absolute atomic E-state index is 14.3. The smallest absolute Gasteiger partial charge is 0.328 e. The predicted molar refractivity (Wildman–Crippen MR) is 255 cm³/mol. The van der Waals surface area contributed by atoms with Crippen LogP contribution in [-0.4, -0.2) is 229 Å². The Labute approximate surface area is 425 Å². The number of nitrogens with zero attached hydrogens (tertiary/aromatic N) is 3. The van der Waals surface area contributed by atoms with Gasteiger partial charge in [-0.15, -0.1) is 0 Å². The largest absolute Gasteiger partial charge is 0.481 e. The molecule has 0 saturated carbocycles. The highest BCUT2D eigenvalue weighted by molar-refractivity contribution is 5.99. The van der Waals surface area contributed by atoms with Gasteiger partial charge in [0.1, 0.15) is 48.3 Å². The molecule has 18 N–H and O–H groups in total. The number of nitrogens with one attached hydrogen (secondary N) is 8. The zero-order valence-corrected chi connectivity index (χ0v) is 41.6. The number of nitrogens with two attached hydrogens (primary N) is 2. The molecule has 3 saturated heterocycles. The van der Waals surface area contributed by atoms with E-state index in [1.165, 1.54) is 16.7 Å². The number of hydrogen-bond acceptors (Lipinski definition) is 17. The maximum Gasteiger partial charge on any atom is 0.328 e. The number of carboxylic acid groups (broad SMARTS) is 2. The predicted octanol–water partition coefficient (Wildman–Crippen LogP) is -7.58. The molecule has 0 spiro atoms. The summed E-state index contributed by atoms with van der Waals surface area (Å²) in [6.45, 7) is 1.95. The normalized spacial score (nSPS) is 20.7. The van der Waals surface area contributed by atoms with Crippen molar-refractivity contribution in [2.45, 2.75) is 152 Å². The molecule has 0 aromatic heterocycles. The van der Waals surface area contributed by atoms with Crippen molar-refractivity contribution >= 4 is 71.1 Å². The number of amides is 9. The van der Waals surface area contributed by atoms with E-state index in [0.717, 1.165) is 4.90 Å². The molecule has 74 heavy (non-hydrogen) atoms. The Morgan fingerprint density at radius 1 is 0.608 bits per heavy atom. The van der Waals surface area contributed by atoms with E-state index in [1.807, 2.05) is 0 Å². The SMILES string of the molecule is CC(C)C[C@H](NC(=O)[C@H](CO)NC(=O)[C@H](CO)NC(=O)[C@@H](N)CC(=O)O)C(=O)N1CCC[C@H]1C(=O)N1CCC[C@H]1C(=O)N[C@@H](CO)C(=O)N[C@@H](CCCNC(=N)N)C(=O)N1CCC[C@H]1C(=O)N[C@H](C(=O)O)[C@@H](C)O. The molecule has 416 valence electrons. The number of carbonyl (C=O) groups excluding carboxylic acids is 9. The lowest BCUT2D eigenvalue weighted by atomic mass is 10.0. The van der Waals surface area contributed by atoms with E-state index < -0.39 is 158 Å². The Hall–Kier alpha value is -6.76. The molecule has 0 aliphatic carbocycles. The van der Waals surface area contributed by atoms with Crippen LogP contribution in [0.3, 0.4) is 0 Å². The molecule has 3 aliphatic rings. The van der Waals surface area contributed by atoms with Crippen LogP contribution in [0.5, 0.6) is 0 Å². The zero-order chi connectivity index (χ0) is 55.6. The summed E-state index contributed by atoms with van der Waals surface area (Å²) in [6, 6.07) is -14.5. The second kappa shape index (κ2) is 29.2. The van der Waals surface area contributed by atoms with E-state index in [2.05, 4.69) is 37.2 Å². The van der Waals surface area contributed by atoms with Gasteiger partial charge >= 0.3 is 11.9 Å². The van der Waals surface area contributed by atoms with E-state index >= 15 is 0 Å². The van der Waals surface area contributed by atoms with Gasteiger partial charge in [0.15, 0.2) is 12.0 Å². The Kier molecular flexibility index (Phi) is 24.3. The van der Waals surface area contributed by atoms with Crippen LogP contribution in [0.15, 0.2) is 0 Å². The first-order chi connectivity index (χ1) is 34.9. The standard InChI is InChI=1S/C44H73N13O17/c1-21(2)16-25(50-36(66)27(19-59)52-37(67)26(18-58)51-34(64)23(45)17-32(62)63)41(71)57-15-7-11-31(57)42(72)56-14-6-9-29(56)38(68)53-28(20-60)35(65)49-24(8-4-12-48-44(46)47)40(70)55-13-5-10-30(55)39(69)54-33(22(3)61)43(73)74/h21-31,33,58-61H,4-20,45H2,1-3H3,(H,49,65)(H,50,66)(H,51,64)(H,52,67)(H,53,68)(H,54,69)(H,62,63)(H,73,74)(H4,46,47,48)/t22-,23+,24+,25+,26+,27+,28+,29+,30+,31+,33+/m1/s1. The lowest BCUT2D eigenvalue weighted by Crippen LogP contribution is -2.61. The fourth-order valence-electron chi connectivity index (χ4n) is 8.83. The molecule has 11 atom stereocenters. The van der Waals surface area contributed by atoms with Gasteiger partial charge in [-0.3, -0.25) is 53.4 Å².